The van der Waals surface area contributed by atoms with E-state index < -0.39 is 9.85 Å². The van der Waals surface area contributed by atoms with Crippen LogP contribution in [0.2, 0.25) is 0 Å². The topological polar surface area (TPSA) is 174 Å². The molecule has 10 nitrogen and oxygen atoms in total. The highest BCUT2D eigenvalue weighted by molar-refractivity contribution is 5.93. The van der Waals surface area contributed by atoms with Gasteiger partial charge in [0.2, 0.25) is 0 Å². The molecule has 0 bridgehead atoms. The zero-order valence-corrected chi connectivity index (χ0v) is 17.2. The molecule has 0 unspecified atom stereocenters. The molecule has 0 aliphatic rings. The summed E-state index contributed by atoms with van der Waals surface area (Å²) in [6, 6.07) is 16.8. The Hall–Kier alpha value is -5.48. The average Bonchev–Trinajstić information content (AvgIpc) is 2.83. The monoisotopic (exact) mass is 454 g/mol. The summed E-state index contributed by atoms with van der Waals surface area (Å²) in [5.41, 5.74) is 0.879. The second-order valence-corrected chi connectivity index (χ2v) is 6.92. The Morgan fingerprint density at radius 2 is 1.03 bits per heavy atom. The van der Waals surface area contributed by atoms with E-state index in [1.54, 1.807) is 0 Å². The molecule has 2 N–H and O–H groups in total. The van der Waals surface area contributed by atoms with Crippen LogP contribution in [-0.2, 0) is 0 Å². The molecule has 0 fully saturated rings. The van der Waals surface area contributed by atoms with E-state index in [0.29, 0.717) is 11.1 Å². The summed E-state index contributed by atoms with van der Waals surface area (Å²) in [4.78, 5) is 20.5. The van der Waals surface area contributed by atoms with E-state index in [4.69, 9.17) is 0 Å². The van der Waals surface area contributed by atoms with Gasteiger partial charge in [-0.3, -0.25) is 20.2 Å². The van der Waals surface area contributed by atoms with E-state index >= 15 is 0 Å². The molecular weight excluding hydrogens is 440 g/mol. The first-order chi connectivity index (χ1) is 16.2. The van der Waals surface area contributed by atoms with Gasteiger partial charge >= 0.3 is 0 Å². The number of aromatic hydroxyl groups is 2. The van der Waals surface area contributed by atoms with Crippen LogP contribution in [-0.4, -0.2) is 20.1 Å². The Labute approximate surface area is 192 Å². The molecule has 3 aromatic carbocycles. The number of benzene rings is 3. The average molecular weight is 454 g/mol. The number of nitrogens with zero attached hydrogens (tertiary/aromatic N) is 4. The summed E-state index contributed by atoms with van der Waals surface area (Å²) in [5, 5.41) is 61.4. The number of hydrogen-bond acceptors (Lipinski definition) is 8. The predicted octanol–water partition coefficient (Wildman–Crippen LogP) is 5.04. The number of nitriles is 2. The van der Waals surface area contributed by atoms with Crippen LogP contribution < -0.4 is 0 Å². The van der Waals surface area contributed by atoms with Crippen molar-refractivity contribution >= 4 is 34.7 Å². The standard InChI is InChI=1S/C24H14N4O6/c25-13-19(15-1-5-21(6-2-15)27(31)32)9-17-11-24(30)18(12-23(17)29)10-20(14-26)16-3-7-22(8-4-16)28(33)34/h1-12,29-30H. The van der Waals surface area contributed by atoms with Gasteiger partial charge in [-0.15, -0.1) is 0 Å². The minimum Gasteiger partial charge on any atom is -0.507 e. The van der Waals surface area contributed by atoms with Gasteiger partial charge in [-0.05, 0) is 59.7 Å². The fourth-order valence-corrected chi connectivity index (χ4v) is 3.04. The van der Waals surface area contributed by atoms with Gasteiger partial charge in [-0.25, -0.2) is 0 Å². The molecule has 0 aliphatic heterocycles. The molecule has 0 heterocycles. The van der Waals surface area contributed by atoms with Gasteiger partial charge in [0.25, 0.3) is 11.4 Å². The lowest BCUT2D eigenvalue weighted by Gasteiger charge is -2.07. The fourth-order valence-electron chi connectivity index (χ4n) is 3.04. The molecule has 0 saturated carbocycles. The second-order valence-electron chi connectivity index (χ2n) is 6.92. The molecule has 3 aromatic rings. The number of phenolic OH excluding ortho intramolecular Hbond substituents is 2. The summed E-state index contributed by atoms with van der Waals surface area (Å²) < 4.78 is 0. The molecule has 34 heavy (non-hydrogen) atoms. The van der Waals surface area contributed by atoms with Crippen molar-refractivity contribution in [1.82, 2.24) is 0 Å². The van der Waals surface area contributed by atoms with Gasteiger partial charge in [0.05, 0.1) is 33.1 Å². The largest absolute Gasteiger partial charge is 0.507 e. The quantitative estimate of drug-likeness (QED) is 0.171. The third kappa shape index (κ3) is 5.04. The van der Waals surface area contributed by atoms with E-state index in [9.17, 15) is 41.0 Å². The first kappa shape index (κ1) is 23.2. The maximum Gasteiger partial charge on any atom is 0.269 e. The summed E-state index contributed by atoms with van der Waals surface area (Å²) in [7, 11) is 0. The van der Waals surface area contributed by atoms with Crippen molar-refractivity contribution in [3.05, 3.63) is 103 Å². The molecule has 0 aliphatic carbocycles. The summed E-state index contributed by atoms with van der Waals surface area (Å²) >= 11 is 0. The van der Waals surface area contributed by atoms with E-state index in [2.05, 4.69) is 0 Å². The molecule has 0 atom stereocenters. The number of nitro groups is 2. The molecule has 0 saturated heterocycles. The number of hydrogen-bond donors (Lipinski definition) is 2. The van der Waals surface area contributed by atoms with Crippen molar-refractivity contribution < 1.29 is 20.1 Å². The molecule has 0 spiro atoms. The predicted molar refractivity (Wildman–Crippen MR) is 123 cm³/mol. The third-order valence-electron chi connectivity index (χ3n) is 4.79. The highest BCUT2D eigenvalue weighted by atomic mass is 16.6. The molecule has 0 radical (unpaired) electrons. The van der Waals surface area contributed by atoms with Crippen molar-refractivity contribution in [3.63, 3.8) is 0 Å². The first-order valence-corrected chi connectivity index (χ1v) is 9.52. The summed E-state index contributed by atoms with van der Waals surface area (Å²) in [5.74, 6) is -0.584. The van der Waals surface area contributed by atoms with Crippen molar-refractivity contribution in [3.8, 4) is 23.6 Å². The Bertz CT molecular complexity index is 1320. The van der Waals surface area contributed by atoms with E-state index in [0.717, 1.165) is 0 Å². The molecule has 0 aromatic heterocycles. The molecule has 166 valence electrons. The van der Waals surface area contributed by atoms with Crippen LogP contribution in [0.5, 0.6) is 11.5 Å². The minimum absolute atomic E-state index is 0.0940. The number of allylic oxidation sites excluding steroid dienone is 2. The molecule has 0 amide bonds. The highest BCUT2D eigenvalue weighted by Crippen LogP contribution is 2.33. The van der Waals surface area contributed by atoms with Gasteiger partial charge in [0.15, 0.2) is 0 Å². The van der Waals surface area contributed by atoms with Gasteiger partial charge in [0, 0.05) is 35.4 Å². The lowest BCUT2D eigenvalue weighted by molar-refractivity contribution is -0.385. The zero-order valence-electron chi connectivity index (χ0n) is 17.2. The van der Waals surface area contributed by atoms with E-state index in [1.807, 2.05) is 12.1 Å². The molecular formula is C24H14N4O6. The maximum atomic E-state index is 10.8. The van der Waals surface area contributed by atoms with Crippen molar-refractivity contribution in [2.24, 2.45) is 0 Å². The Morgan fingerprint density at radius 1 is 0.706 bits per heavy atom. The SMILES string of the molecule is N#CC(=Cc1cc(O)c(C=C(C#N)c2ccc([N+](=O)[O-])cc2)cc1O)c1ccc([N+](=O)[O-])cc1. The van der Waals surface area contributed by atoms with E-state index in [-0.39, 0.29) is 45.1 Å². The third-order valence-corrected chi connectivity index (χ3v) is 4.79. The van der Waals surface area contributed by atoms with Crippen LogP contribution in [0, 0.1) is 42.9 Å². The Morgan fingerprint density at radius 3 is 1.29 bits per heavy atom. The maximum absolute atomic E-state index is 10.8. The normalized spacial score (nSPS) is 11.4. The van der Waals surface area contributed by atoms with Crippen LogP contribution in [0.25, 0.3) is 23.3 Å². The highest BCUT2D eigenvalue weighted by Gasteiger charge is 2.12. The number of rotatable bonds is 6. The van der Waals surface area contributed by atoms with Crippen molar-refractivity contribution in [2.45, 2.75) is 0 Å². The number of non-ortho nitro benzene ring substituents is 2. The number of phenols is 2. The zero-order chi connectivity index (χ0) is 24.8. The lowest BCUT2D eigenvalue weighted by Crippen LogP contribution is -1.89. The lowest BCUT2D eigenvalue weighted by atomic mass is 9.99. The van der Waals surface area contributed by atoms with Gasteiger partial charge in [0.1, 0.15) is 11.5 Å². The number of nitro benzene ring substituents is 2. The fraction of sp³-hybridized carbons (Fsp3) is 0. The van der Waals surface area contributed by atoms with Gasteiger partial charge < -0.3 is 10.2 Å². The van der Waals surface area contributed by atoms with Crippen LogP contribution >= 0.6 is 0 Å². The van der Waals surface area contributed by atoms with Crippen LogP contribution in [0.15, 0.2) is 60.7 Å². The summed E-state index contributed by atoms with van der Waals surface area (Å²) in [6.07, 6.45) is 2.62. The minimum atomic E-state index is -0.568. The van der Waals surface area contributed by atoms with Crippen molar-refractivity contribution in [2.75, 3.05) is 0 Å². The summed E-state index contributed by atoms with van der Waals surface area (Å²) in [6.45, 7) is 0. The molecule has 3 rings (SSSR count). The molecule has 10 heteroatoms. The Kier molecular flexibility index (Phi) is 6.66. The van der Waals surface area contributed by atoms with Crippen LogP contribution in [0.1, 0.15) is 22.3 Å². The first-order valence-electron chi connectivity index (χ1n) is 9.52. The Balaban J connectivity index is 1.97. The smallest absolute Gasteiger partial charge is 0.269 e. The van der Waals surface area contributed by atoms with Crippen LogP contribution in [0.3, 0.4) is 0 Å². The van der Waals surface area contributed by atoms with Gasteiger partial charge in [-0.1, -0.05) is 0 Å². The van der Waals surface area contributed by atoms with Crippen molar-refractivity contribution in [1.29, 1.82) is 10.5 Å². The van der Waals surface area contributed by atoms with E-state index in [1.165, 1.54) is 72.8 Å². The second kappa shape index (κ2) is 9.77. The van der Waals surface area contributed by atoms with Crippen LogP contribution in [0.4, 0.5) is 11.4 Å². The van der Waals surface area contributed by atoms with Gasteiger partial charge in [-0.2, -0.15) is 10.5 Å².